The molecule has 0 aliphatic heterocycles. The van der Waals surface area contributed by atoms with Crippen LogP contribution in [0.15, 0.2) is 96.4 Å². The summed E-state index contributed by atoms with van der Waals surface area (Å²) in [7, 11) is 0. The Labute approximate surface area is 191 Å². The summed E-state index contributed by atoms with van der Waals surface area (Å²) in [4.78, 5) is 24.5. The number of nitrogens with zero attached hydrogens (tertiary/aromatic N) is 3. The van der Waals surface area contributed by atoms with Crippen LogP contribution in [0, 0.1) is 11.3 Å². The number of imidazole rings is 1. The second kappa shape index (κ2) is 10.6. The number of rotatable bonds is 6. The lowest BCUT2D eigenvalue weighted by Crippen LogP contribution is -2.36. The maximum Gasteiger partial charge on any atom is 0.258 e. The fourth-order valence-corrected chi connectivity index (χ4v) is 3.27. The Hall–Kier alpha value is -4.70. The van der Waals surface area contributed by atoms with E-state index in [0.29, 0.717) is 30.1 Å². The van der Waals surface area contributed by atoms with Crippen molar-refractivity contribution in [3.8, 4) is 17.2 Å². The Morgan fingerprint density at radius 2 is 1.82 bits per heavy atom. The fraction of sp³-hybridized carbons (Fsp3) is 0.0769. The minimum atomic E-state index is -0.348. The second-order valence-corrected chi connectivity index (χ2v) is 7.28. The maximum absolute atomic E-state index is 12.8. The lowest BCUT2D eigenvalue weighted by Gasteiger charge is -2.13. The van der Waals surface area contributed by atoms with Crippen LogP contribution >= 0.6 is 0 Å². The number of H-pyrrole nitrogens is 1. The van der Waals surface area contributed by atoms with E-state index in [1.54, 1.807) is 36.8 Å². The van der Waals surface area contributed by atoms with Gasteiger partial charge in [-0.2, -0.15) is 5.26 Å². The molecule has 7 heteroatoms. The number of aromatic nitrogens is 2. The number of guanidine groups is 1. The quantitative estimate of drug-likeness (QED) is 0.309. The Bertz CT molecular complexity index is 1290. The zero-order chi connectivity index (χ0) is 22.9. The van der Waals surface area contributed by atoms with Crippen molar-refractivity contribution in [3.63, 3.8) is 0 Å². The number of amides is 1. The molecule has 0 aliphatic rings. The second-order valence-electron chi connectivity index (χ2n) is 7.28. The molecular weight excluding hydrogens is 412 g/mol. The normalized spacial score (nSPS) is 10.9. The zero-order valence-corrected chi connectivity index (χ0v) is 17.8. The van der Waals surface area contributed by atoms with Crippen molar-refractivity contribution in [1.29, 1.82) is 5.26 Å². The highest BCUT2D eigenvalue weighted by atomic mass is 16.1. The summed E-state index contributed by atoms with van der Waals surface area (Å²) in [5.74, 6) is -0.0220. The lowest BCUT2D eigenvalue weighted by molar-refractivity contribution is 0.0977. The van der Waals surface area contributed by atoms with Gasteiger partial charge in [0.25, 0.3) is 5.91 Å². The number of carbonyl (C=O) groups is 1. The molecule has 3 aromatic carbocycles. The van der Waals surface area contributed by atoms with E-state index in [4.69, 9.17) is 5.26 Å². The Morgan fingerprint density at radius 3 is 2.61 bits per heavy atom. The molecule has 0 saturated carbocycles. The molecule has 4 aromatic rings. The minimum Gasteiger partial charge on any atom is -0.348 e. The van der Waals surface area contributed by atoms with Crippen molar-refractivity contribution in [3.05, 3.63) is 108 Å². The highest BCUT2D eigenvalue weighted by molar-refractivity contribution is 6.10. The summed E-state index contributed by atoms with van der Waals surface area (Å²) in [6, 6.07) is 26.5. The molecule has 0 atom stereocenters. The topological polar surface area (TPSA) is 106 Å². The molecule has 0 radical (unpaired) electrons. The van der Waals surface area contributed by atoms with E-state index in [1.807, 2.05) is 54.6 Å². The van der Waals surface area contributed by atoms with E-state index in [9.17, 15) is 4.79 Å². The first-order chi connectivity index (χ1) is 16.2. The number of hydrogen-bond acceptors (Lipinski definition) is 4. The first kappa shape index (κ1) is 21.5. The molecule has 0 fully saturated rings. The van der Waals surface area contributed by atoms with Crippen molar-refractivity contribution >= 4 is 17.6 Å². The van der Waals surface area contributed by atoms with Crippen LogP contribution in [-0.4, -0.2) is 28.4 Å². The number of hydrogen-bond donors (Lipinski definition) is 3. The van der Waals surface area contributed by atoms with E-state index in [2.05, 4.69) is 31.7 Å². The summed E-state index contributed by atoms with van der Waals surface area (Å²) in [5.41, 5.74) is 4.70. The molecule has 4 rings (SSSR count). The van der Waals surface area contributed by atoms with Crippen LogP contribution in [0.5, 0.6) is 0 Å². The van der Waals surface area contributed by atoms with Crippen LogP contribution in [-0.2, 0) is 6.42 Å². The largest absolute Gasteiger partial charge is 0.348 e. The lowest BCUT2D eigenvalue weighted by atomic mass is 10.1. The predicted octanol–water partition coefficient (Wildman–Crippen LogP) is 4.39. The van der Waals surface area contributed by atoms with Gasteiger partial charge >= 0.3 is 0 Å². The molecule has 162 valence electrons. The van der Waals surface area contributed by atoms with Gasteiger partial charge < -0.3 is 10.3 Å². The number of nitriles is 1. The molecule has 1 aromatic heterocycles. The van der Waals surface area contributed by atoms with Gasteiger partial charge in [-0.3, -0.25) is 15.1 Å². The van der Waals surface area contributed by atoms with Gasteiger partial charge in [0.15, 0.2) is 0 Å². The Balaban J connectivity index is 1.54. The van der Waals surface area contributed by atoms with Crippen molar-refractivity contribution < 1.29 is 4.79 Å². The van der Waals surface area contributed by atoms with Gasteiger partial charge in [0.05, 0.1) is 18.0 Å². The monoisotopic (exact) mass is 434 g/mol. The Kier molecular flexibility index (Phi) is 6.88. The number of aromatic amines is 1. The third-order valence-corrected chi connectivity index (χ3v) is 4.92. The molecule has 0 spiro atoms. The molecule has 0 saturated heterocycles. The van der Waals surface area contributed by atoms with Crippen molar-refractivity contribution in [2.75, 3.05) is 11.9 Å². The van der Waals surface area contributed by atoms with Gasteiger partial charge in [0.2, 0.25) is 5.96 Å². The van der Waals surface area contributed by atoms with Crippen LogP contribution < -0.4 is 10.6 Å². The molecule has 33 heavy (non-hydrogen) atoms. The van der Waals surface area contributed by atoms with Gasteiger partial charge in [-0.05, 0) is 41.5 Å². The third kappa shape index (κ3) is 5.93. The molecule has 7 nitrogen and oxygen atoms in total. The predicted molar refractivity (Wildman–Crippen MR) is 129 cm³/mol. The van der Waals surface area contributed by atoms with E-state index >= 15 is 0 Å². The fourth-order valence-electron chi connectivity index (χ4n) is 3.27. The standard InChI is InChI=1S/C26H22N6O/c27-16-19-6-4-10-22(14-19)25(33)32-26(29-13-12-24-17-28-18-30-24)31-23-11-5-9-21(15-23)20-7-2-1-3-8-20/h1-11,14-15,17-18H,12-13H2,(H,28,30)(H2,29,31,32,33). The third-order valence-electron chi connectivity index (χ3n) is 4.92. The van der Waals surface area contributed by atoms with Crippen LogP contribution in [0.4, 0.5) is 5.69 Å². The Morgan fingerprint density at radius 1 is 1.00 bits per heavy atom. The number of aliphatic imine (C=N–C) groups is 1. The van der Waals surface area contributed by atoms with Gasteiger partial charge in [0, 0.05) is 36.1 Å². The first-order valence-electron chi connectivity index (χ1n) is 10.5. The highest BCUT2D eigenvalue weighted by Crippen LogP contribution is 2.22. The van der Waals surface area contributed by atoms with E-state index in [-0.39, 0.29) is 5.91 Å². The number of nitrogens with one attached hydrogen (secondary N) is 3. The van der Waals surface area contributed by atoms with Gasteiger partial charge in [-0.25, -0.2) is 4.98 Å². The van der Waals surface area contributed by atoms with Crippen molar-refractivity contribution in [2.24, 2.45) is 4.99 Å². The average molecular weight is 435 g/mol. The molecule has 0 unspecified atom stereocenters. The summed E-state index contributed by atoms with van der Waals surface area (Å²) >= 11 is 0. The average Bonchev–Trinajstić information content (AvgIpc) is 3.38. The molecule has 1 heterocycles. The van der Waals surface area contributed by atoms with Crippen LogP contribution in [0.1, 0.15) is 21.6 Å². The summed E-state index contributed by atoms with van der Waals surface area (Å²) < 4.78 is 0. The van der Waals surface area contributed by atoms with E-state index in [0.717, 1.165) is 22.5 Å². The smallest absolute Gasteiger partial charge is 0.258 e. The SMILES string of the molecule is N#Cc1cccc(C(=O)NC(=NCCc2cnc[nH]2)Nc2cccc(-c3ccccc3)c2)c1. The summed E-state index contributed by atoms with van der Waals surface area (Å²) in [5, 5.41) is 15.2. The molecule has 0 bridgehead atoms. The number of benzene rings is 3. The zero-order valence-electron chi connectivity index (χ0n) is 17.8. The van der Waals surface area contributed by atoms with E-state index < -0.39 is 0 Å². The summed E-state index contributed by atoms with van der Waals surface area (Å²) in [6.07, 6.45) is 4.02. The van der Waals surface area contributed by atoms with E-state index in [1.165, 1.54) is 0 Å². The van der Waals surface area contributed by atoms with Crippen LogP contribution in [0.2, 0.25) is 0 Å². The molecular formula is C26H22N6O. The van der Waals surface area contributed by atoms with Gasteiger partial charge in [0.1, 0.15) is 0 Å². The first-order valence-corrected chi connectivity index (χ1v) is 10.5. The highest BCUT2D eigenvalue weighted by Gasteiger charge is 2.11. The summed E-state index contributed by atoms with van der Waals surface area (Å²) in [6.45, 7) is 0.446. The maximum atomic E-state index is 12.8. The minimum absolute atomic E-state index is 0.326. The van der Waals surface area contributed by atoms with Crippen molar-refractivity contribution in [1.82, 2.24) is 15.3 Å². The molecule has 1 amide bonds. The van der Waals surface area contributed by atoms with Crippen LogP contribution in [0.3, 0.4) is 0 Å². The van der Waals surface area contributed by atoms with Crippen molar-refractivity contribution in [2.45, 2.75) is 6.42 Å². The molecule has 0 aliphatic carbocycles. The number of carbonyl (C=O) groups excluding carboxylic acids is 1. The van der Waals surface area contributed by atoms with Crippen LogP contribution in [0.25, 0.3) is 11.1 Å². The van der Waals surface area contributed by atoms with Gasteiger partial charge in [-0.15, -0.1) is 0 Å². The number of anilines is 1. The molecule has 3 N–H and O–H groups in total. The van der Waals surface area contributed by atoms with Gasteiger partial charge in [-0.1, -0.05) is 48.5 Å².